The number of aliphatic hydroxyl groups excluding tert-OH is 1. The van der Waals surface area contributed by atoms with Gasteiger partial charge in [0.15, 0.2) is 5.69 Å². The Morgan fingerprint density at radius 1 is 1.06 bits per heavy atom. The van der Waals surface area contributed by atoms with Crippen molar-refractivity contribution in [1.82, 2.24) is 30.0 Å². The first-order chi connectivity index (χ1) is 22.3. The van der Waals surface area contributed by atoms with Crippen molar-refractivity contribution in [2.24, 2.45) is 0 Å². The summed E-state index contributed by atoms with van der Waals surface area (Å²) in [6.07, 6.45) is -1.80. The fourth-order valence-corrected chi connectivity index (χ4v) is 5.02. The minimum absolute atomic E-state index is 0.107. The molecule has 0 aliphatic carbocycles. The van der Waals surface area contributed by atoms with Gasteiger partial charge in [-0.25, -0.2) is 18.7 Å². The molecule has 3 heterocycles. The summed E-state index contributed by atoms with van der Waals surface area (Å²) in [4.78, 5) is 24.8. The molecule has 0 bridgehead atoms. The number of carbonyl (C=O) groups is 1. The van der Waals surface area contributed by atoms with Gasteiger partial charge in [-0.2, -0.15) is 23.3 Å². The number of nitrogens with zero attached hydrogens (tertiary/aromatic N) is 5. The molecule has 0 spiro atoms. The van der Waals surface area contributed by atoms with Gasteiger partial charge in [0.25, 0.3) is 11.8 Å². The molecule has 0 saturated carbocycles. The van der Waals surface area contributed by atoms with Crippen molar-refractivity contribution in [1.29, 1.82) is 0 Å². The summed E-state index contributed by atoms with van der Waals surface area (Å²) in [5, 5.41) is 20.3. The number of aromatic nitrogens is 5. The fourth-order valence-electron chi connectivity index (χ4n) is 4.15. The first-order valence-electron chi connectivity index (χ1n) is 13.7. The van der Waals surface area contributed by atoms with Crippen LogP contribution in [0.4, 0.5) is 45.1 Å². The Kier molecular flexibility index (Phi) is 11.0. The molecule has 0 aliphatic heterocycles. The van der Waals surface area contributed by atoms with Crippen LogP contribution in [-0.4, -0.2) is 69.0 Å². The summed E-state index contributed by atoms with van der Waals surface area (Å²) in [7, 11) is 0.720. The highest BCUT2D eigenvalue weighted by Gasteiger charge is 2.36. The lowest BCUT2D eigenvalue weighted by atomic mass is 10.1. The molecule has 19 heteroatoms. The second kappa shape index (κ2) is 14.7. The standard InChI is InChI=1S/C28H28F5N8O5P/c1-4-46-47(44)13-16-5-6-20(22(9-16)45-3)39-26-35-11-18(28(31,32)33)24(40-26)38-21-8-7-19(37-23(21)25(43)34-2)17-10-36-41(12-17)14-27(29,30)15-42/h5-12,42H,4,13-15H2,1-3H3,(H2-,34,35,38,39,40,43)/p+1. The van der Waals surface area contributed by atoms with E-state index in [2.05, 4.69) is 36.0 Å². The molecule has 0 saturated heterocycles. The van der Waals surface area contributed by atoms with E-state index in [1.165, 1.54) is 38.7 Å². The van der Waals surface area contributed by atoms with Gasteiger partial charge in [-0.05, 0) is 35.8 Å². The number of hydrogen-bond donors (Lipinski definition) is 4. The second-order valence-electron chi connectivity index (χ2n) is 9.76. The SMILES string of the molecule is CCO[P+](=O)Cc1ccc(Nc2ncc(C(F)(F)F)c(Nc3ccc(-c4cnn(CC(F)(F)CO)c4)nc3C(=O)NC)n2)c(OC)c1. The molecule has 0 aliphatic rings. The van der Waals surface area contributed by atoms with Crippen molar-refractivity contribution < 1.29 is 45.7 Å². The normalized spacial score (nSPS) is 12.1. The first kappa shape index (κ1) is 35.1. The van der Waals surface area contributed by atoms with E-state index in [0.717, 1.165) is 4.68 Å². The number of ether oxygens (including phenoxy) is 1. The van der Waals surface area contributed by atoms with E-state index in [0.29, 0.717) is 17.4 Å². The molecule has 4 aromatic rings. The Morgan fingerprint density at radius 3 is 2.47 bits per heavy atom. The number of nitrogens with one attached hydrogen (secondary N) is 3. The van der Waals surface area contributed by atoms with Crippen molar-refractivity contribution in [3.63, 3.8) is 0 Å². The summed E-state index contributed by atoms with van der Waals surface area (Å²) in [6, 6.07) is 7.39. The second-order valence-corrected chi connectivity index (χ2v) is 11.0. The lowest BCUT2D eigenvalue weighted by molar-refractivity contribution is -0.137. The van der Waals surface area contributed by atoms with Gasteiger partial charge in [-0.3, -0.25) is 9.48 Å². The maximum absolute atomic E-state index is 14.0. The Morgan fingerprint density at radius 2 is 1.81 bits per heavy atom. The highest BCUT2D eigenvalue weighted by molar-refractivity contribution is 7.38. The van der Waals surface area contributed by atoms with E-state index >= 15 is 0 Å². The maximum Gasteiger partial charge on any atom is 0.512 e. The van der Waals surface area contributed by atoms with Crippen LogP contribution in [0.3, 0.4) is 0 Å². The molecule has 1 amide bonds. The smallest absolute Gasteiger partial charge is 0.495 e. The molecular formula is C28H29F5N8O5P+. The summed E-state index contributed by atoms with van der Waals surface area (Å²) < 4.78 is 92.6. The zero-order chi connectivity index (χ0) is 34.4. The van der Waals surface area contributed by atoms with E-state index < -0.39 is 50.6 Å². The van der Waals surface area contributed by atoms with E-state index in [1.54, 1.807) is 25.1 Å². The molecule has 250 valence electrons. The van der Waals surface area contributed by atoms with Crippen LogP contribution in [0.5, 0.6) is 5.75 Å². The number of anilines is 4. The van der Waals surface area contributed by atoms with E-state index in [9.17, 15) is 31.3 Å². The summed E-state index contributed by atoms with van der Waals surface area (Å²) >= 11 is 0. The van der Waals surface area contributed by atoms with Gasteiger partial charge in [0, 0.05) is 30.6 Å². The van der Waals surface area contributed by atoms with Crippen molar-refractivity contribution in [3.05, 3.63) is 65.7 Å². The zero-order valence-corrected chi connectivity index (χ0v) is 26.0. The Labute approximate surface area is 265 Å². The fraction of sp³-hybridized carbons (Fsp3) is 0.321. The van der Waals surface area contributed by atoms with Crippen LogP contribution in [0.15, 0.2) is 48.9 Å². The van der Waals surface area contributed by atoms with Crippen LogP contribution < -0.4 is 20.7 Å². The van der Waals surface area contributed by atoms with Gasteiger partial charge in [-0.15, -0.1) is 4.52 Å². The lowest BCUT2D eigenvalue weighted by Gasteiger charge is -2.17. The molecule has 1 atom stereocenters. The number of pyridine rings is 1. The Bertz CT molecular complexity index is 1750. The van der Waals surface area contributed by atoms with E-state index in [4.69, 9.17) is 14.4 Å². The molecule has 47 heavy (non-hydrogen) atoms. The van der Waals surface area contributed by atoms with Crippen LogP contribution in [0.2, 0.25) is 0 Å². The van der Waals surface area contributed by atoms with Crippen molar-refractivity contribution in [2.45, 2.75) is 31.7 Å². The number of amides is 1. The van der Waals surface area contributed by atoms with E-state index in [1.807, 2.05) is 0 Å². The third-order valence-electron chi connectivity index (χ3n) is 6.34. The van der Waals surface area contributed by atoms with Crippen LogP contribution in [0, 0.1) is 0 Å². The molecule has 4 N–H and O–H groups in total. The van der Waals surface area contributed by atoms with Gasteiger partial charge in [0.05, 0.1) is 37.0 Å². The molecule has 0 fully saturated rings. The third-order valence-corrected chi connectivity index (χ3v) is 7.50. The summed E-state index contributed by atoms with van der Waals surface area (Å²) in [5.74, 6) is -4.90. The first-order valence-corrected chi connectivity index (χ1v) is 15.1. The zero-order valence-electron chi connectivity index (χ0n) is 25.1. The van der Waals surface area contributed by atoms with Gasteiger partial charge in [0.1, 0.15) is 30.3 Å². The predicted molar refractivity (Wildman–Crippen MR) is 160 cm³/mol. The Hall–Kier alpha value is -4.80. The van der Waals surface area contributed by atoms with Crippen LogP contribution in [0.25, 0.3) is 11.3 Å². The average molecular weight is 684 g/mol. The van der Waals surface area contributed by atoms with Crippen LogP contribution in [-0.2, 0) is 28.0 Å². The lowest BCUT2D eigenvalue weighted by Crippen LogP contribution is -2.28. The van der Waals surface area contributed by atoms with E-state index in [-0.39, 0.29) is 47.1 Å². The number of rotatable bonds is 14. The minimum atomic E-state index is -4.90. The number of hydrogen-bond acceptors (Lipinski definition) is 11. The average Bonchev–Trinajstić information content (AvgIpc) is 3.49. The number of methoxy groups -OCH3 is 1. The Balaban J connectivity index is 1.67. The number of benzene rings is 1. The van der Waals surface area contributed by atoms with Gasteiger partial charge < -0.3 is 25.8 Å². The molecule has 1 unspecified atom stereocenters. The number of halogens is 5. The monoisotopic (exact) mass is 683 g/mol. The van der Waals surface area contributed by atoms with Crippen LogP contribution >= 0.6 is 8.03 Å². The maximum atomic E-state index is 14.0. The molecule has 4 rings (SSSR count). The molecule has 3 aromatic heterocycles. The van der Waals surface area contributed by atoms with Gasteiger partial charge in [0.2, 0.25) is 12.1 Å². The van der Waals surface area contributed by atoms with Gasteiger partial charge in [-0.1, -0.05) is 6.07 Å². The van der Waals surface area contributed by atoms with Crippen molar-refractivity contribution in [3.8, 4) is 17.0 Å². The molecule has 13 nitrogen and oxygen atoms in total. The molecular weight excluding hydrogens is 654 g/mol. The quantitative estimate of drug-likeness (QED) is 0.0978. The van der Waals surface area contributed by atoms with Crippen LogP contribution in [0.1, 0.15) is 28.5 Å². The highest BCUT2D eigenvalue weighted by atomic mass is 31.1. The summed E-state index contributed by atoms with van der Waals surface area (Å²) in [6.45, 7) is -0.313. The molecule has 0 radical (unpaired) electrons. The largest absolute Gasteiger partial charge is 0.512 e. The summed E-state index contributed by atoms with van der Waals surface area (Å²) in [5.41, 5.74) is -0.480. The number of alkyl halides is 5. The topological polar surface area (TPSA) is 165 Å². The van der Waals surface area contributed by atoms with Crippen molar-refractivity contribution >= 4 is 37.1 Å². The number of carbonyl (C=O) groups excluding carboxylic acids is 1. The minimum Gasteiger partial charge on any atom is -0.495 e. The predicted octanol–water partition coefficient (Wildman–Crippen LogP) is 5.52. The highest BCUT2D eigenvalue weighted by Crippen LogP contribution is 2.37. The van der Waals surface area contributed by atoms with Gasteiger partial charge >= 0.3 is 14.2 Å². The van der Waals surface area contributed by atoms with Crippen molar-refractivity contribution in [2.75, 3.05) is 38.0 Å². The third kappa shape index (κ3) is 8.93. The number of aliphatic hydroxyl groups is 1. The molecule has 1 aromatic carbocycles.